The lowest BCUT2D eigenvalue weighted by Crippen LogP contribution is -2.21. The van der Waals surface area contributed by atoms with Gasteiger partial charge in [-0.25, -0.2) is 4.79 Å². The van der Waals surface area contributed by atoms with E-state index < -0.39 is 12.1 Å². The summed E-state index contributed by atoms with van der Waals surface area (Å²) in [6.07, 6.45) is -0.0349. The van der Waals surface area contributed by atoms with Crippen molar-refractivity contribution in [2.45, 2.75) is 13.3 Å². The second-order valence-electron chi connectivity index (χ2n) is 5.82. The molecule has 1 amide bonds. The Bertz CT molecular complexity index is 756. The lowest BCUT2D eigenvalue weighted by atomic mass is 10.0. The number of Topliss-reactive ketones (excluding diaryl/α,β-unsaturated/α-hetero) is 1. The number of methoxy groups -OCH3 is 1. The van der Waals surface area contributed by atoms with Crippen molar-refractivity contribution < 1.29 is 23.9 Å². The number of rotatable bonds is 7. The molecule has 0 aliphatic rings. The lowest BCUT2D eigenvalue weighted by Gasteiger charge is -2.11. The first-order valence-corrected chi connectivity index (χ1v) is 8.18. The molecule has 0 bridgehead atoms. The number of ether oxygens (including phenoxy) is 2. The molecule has 1 N–H and O–H groups in total. The van der Waals surface area contributed by atoms with Crippen LogP contribution < -0.4 is 5.32 Å². The van der Waals surface area contributed by atoms with E-state index in [0.717, 1.165) is 5.56 Å². The van der Waals surface area contributed by atoms with Gasteiger partial charge in [0, 0.05) is 11.3 Å². The van der Waals surface area contributed by atoms with E-state index in [-0.39, 0.29) is 18.3 Å². The van der Waals surface area contributed by atoms with Gasteiger partial charge in [0.2, 0.25) is 0 Å². The minimum atomic E-state index is -0.592. The fraction of sp³-hybridized carbons (Fsp3) is 0.250. The second kappa shape index (κ2) is 9.36. The predicted octanol–water partition coefficient (Wildman–Crippen LogP) is 3.47. The van der Waals surface area contributed by atoms with E-state index in [9.17, 15) is 14.4 Å². The van der Waals surface area contributed by atoms with Crippen molar-refractivity contribution in [1.29, 1.82) is 0 Å². The van der Waals surface area contributed by atoms with E-state index >= 15 is 0 Å². The Kier molecular flexibility index (Phi) is 6.91. The lowest BCUT2D eigenvalue weighted by molar-refractivity contribution is -0.146. The Morgan fingerprint density at radius 1 is 1.00 bits per heavy atom. The highest BCUT2D eigenvalue weighted by molar-refractivity contribution is 5.98. The monoisotopic (exact) mass is 355 g/mol. The van der Waals surface area contributed by atoms with Crippen molar-refractivity contribution in [2.24, 2.45) is 5.92 Å². The van der Waals surface area contributed by atoms with Crippen molar-refractivity contribution in [3.8, 4) is 0 Å². The molecule has 2 aromatic rings. The van der Waals surface area contributed by atoms with Gasteiger partial charge in [0.1, 0.15) is 0 Å². The number of benzene rings is 2. The first-order chi connectivity index (χ1) is 12.5. The summed E-state index contributed by atoms with van der Waals surface area (Å²) >= 11 is 0. The fourth-order valence-corrected chi connectivity index (χ4v) is 2.32. The highest BCUT2D eigenvalue weighted by Crippen LogP contribution is 2.12. The van der Waals surface area contributed by atoms with Crippen molar-refractivity contribution in [3.63, 3.8) is 0 Å². The van der Waals surface area contributed by atoms with Crippen molar-refractivity contribution in [1.82, 2.24) is 0 Å². The third-order valence-electron chi connectivity index (χ3n) is 3.77. The molecule has 26 heavy (non-hydrogen) atoms. The van der Waals surface area contributed by atoms with Gasteiger partial charge in [0.05, 0.1) is 13.0 Å². The molecule has 1 atom stereocenters. The molecule has 2 rings (SSSR count). The number of nitrogens with one attached hydrogen (secondary N) is 1. The number of hydrogen-bond donors (Lipinski definition) is 1. The maximum absolute atomic E-state index is 12.1. The zero-order valence-electron chi connectivity index (χ0n) is 14.7. The van der Waals surface area contributed by atoms with Crippen LogP contribution in [0.4, 0.5) is 10.5 Å². The van der Waals surface area contributed by atoms with Crippen LogP contribution in [-0.2, 0) is 20.7 Å². The van der Waals surface area contributed by atoms with Gasteiger partial charge in [-0.1, -0.05) is 37.3 Å². The van der Waals surface area contributed by atoms with E-state index in [0.29, 0.717) is 17.7 Å². The third-order valence-corrected chi connectivity index (χ3v) is 3.77. The summed E-state index contributed by atoms with van der Waals surface area (Å²) in [6.45, 7) is 1.45. The standard InChI is InChI=1S/C20H21NO5/c1-14(12-15-6-4-3-5-7-15)19(23)26-13-18(22)16-8-10-17(11-9-16)21-20(24)25-2/h3-11,14H,12-13H2,1-2H3,(H,21,24)/t14-/m0/s1. The van der Waals surface area contributed by atoms with Crippen LogP contribution in [0.25, 0.3) is 0 Å². The Morgan fingerprint density at radius 3 is 2.27 bits per heavy atom. The number of esters is 1. The first kappa shape index (κ1) is 19.2. The van der Waals surface area contributed by atoms with Crippen LogP contribution in [0.1, 0.15) is 22.8 Å². The molecule has 0 fully saturated rings. The van der Waals surface area contributed by atoms with Crippen LogP contribution in [0.5, 0.6) is 0 Å². The Morgan fingerprint density at radius 2 is 1.65 bits per heavy atom. The quantitative estimate of drug-likeness (QED) is 0.607. The number of carbonyl (C=O) groups is 3. The highest BCUT2D eigenvalue weighted by Gasteiger charge is 2.17. The van der Waals surface area contributed by atoms with Crippen LogP contribution in [0, 0.1) is 5.92 Å². The summed E-state index contributed by atoms with van der Waals surface area (Å²) in [5.41, 5.74) is 1.93. The Hall–Kier alpha value is -3.15. The van der Waals surface area contributed by atoms with Crippen molar-refractivity contribution >= 4 is 23.5 Å². The highest BCUT2D eigenvalue weighted by atomic mass is 16.5. The average molecular weight is 355 g/mol. The molecule has 0 aromatic heterocycles. The number of amides is 1. The smallest absolute Gasteiger partial charge is 0.411 e. The molecule has 0 saturated heterocycles. The summed E-state index contributed by atoms with van der Waals surface area (Å²) in [5.74, 6) is -1.06. The molecule has 6 heteroatoms. The minimum Gasteiger partial charge on any atom is -0.457 e. The average Bonchev–Trinajstić information content (AvgIpc) is 2.67. The molecule has 0 aliphatic heterocycles. The molecular weight excluding hydrogens is 334 g/mol. The van der Waals surface area contributed by atoms with Crippen molar-refractivity contribution in [3.05, 3.63) is 65.7 Å². The zero-order valence-corrected chi connectivity index (χ0v) is 14.7. The SMILES string of the molecule is COC(=O)Nc1ccc(C(=O)COC(=O)[C@@H](C)Cc2ccccc2)cc1. The molecule has 0 saturated carbocycles. The maximum Gasteiger partial charge on any atom is 0.411 e. The summed E-state index contributed by atoms with van der Waals surface area (Å²) in [5, 5.41) is 2.49. The van der Waals surface area contributed by atoms with E-state index in [2.05, 4.69) is 10.1 Å². The normalized spacial score (nSPS) is 11.3. The van der Waals surface area contributed by atoms with Crippen LogP contribution in [-0.4, -0.2) is 31.6 Å². The summed E-state index contributed by atoms with van der Waals surface area (Å²) in [4.78, 5) is 35.3. The Labute approximate surface area is 152 Å². The van der Waals surface area contributed by atoms with Gasteiger partial charge in [-0.15, -0.1) is 0 Å². The largest absolute Gasteiger partial charge is 0.457 e. The van der Waals surface area contributed by atoms with Gasteiger partial charge in [-0.05, 0) is 36.2 Å². The van der Waals surface area contributed by atoms with Gasteiger partial charge in [-0.3, -0.25) is 14.9 Å². The molecule has 0 unspecified atom stereocenters. The van der Waals surface area contributed by atoms with E-state index in [1.165, 1.54) is 7.11 Å². The Balaban J connectivity index is 1.83. The molecule has 136 valence electrons. The minimum absolute atomic E-state index is 0.310. The maximum atomic E-state index is 12.1. The molecule has 6 nitrogen and oxygen atoms in total. The number of anilines is 1. The zero-order chi connectivity index (χ0) is 18.9. The van der Waals surface area contributed by atoms with E-state index in [4.69, 9.17) is 4.74 Å². The molecule has 0 spiro atoms. The third kappa shape index (κ3) is 5.73. The van der Waals surface area contributed by atoms with E-state index in [1.54, 1.807) is 31.2 Å². The second-order valence-corrected chi connectivity index (χ2v) is 5.82. The number of ketones is 1. The first-order valence-electron chi connectivity index (χ1n) is 8.18. The predicted molar refractivity (Wildman–Crippen MR) is 97.1 cm³/mol. The topological polar surface area (TPSA) is 81.7 Å². The summed E-state index contributed by atoms with van der Waals surface area (Å²) in [6, 6.07) is 15.9. The molecule has 0 aliphatic carbocycles. The fourth-order valence-electron chi connectivity index (χ4n) is 2.32. The van der Waals surface area contributed by atoms with Crippen LogP contribution >= 0.6 is 0 Å². The van der Waals surface area contributed by atoms with Gasteiger partial charge in [0.15, 0.2) is 12.4 Å². The van der Waals surface area contributed by atoms with Crippen LogP contribution in [0.2, 0.25) is 0 Å². The van der Waals surface area contributed by atoms with Gasteiger partial charge < -0.3 is 9.47 Å². The molecular formula is C20H21NO5. The number of hydrogen-bond acceptors (Lipinski definition) is 5. The molecule has 2 aromatic carbocycles. The molecule has 0 heterocycles. The van der Waals surface area contributed by atoms with E-state index in [1.807, 2.05) is 30.3 Å². The molecule has 0 radical (unpaired) electrons. The van der Waals surface area contributed by atoms with Crippen molar-refractivity contribution in [2.75, 3.05) is 19.0 Å². The van der Waals surface area contributed by atoms with Gasteiger partial charge >= 0.3 is 12.1 Å². The van der Waals surface area contributed by atoms with Crippen LogP contribution in [0.3, 0.4) is 0 Å². The number of carbonyl (C=O) groups excluding carboxylic acids is 3. The van der Waals surface area contributed by atoms with Gasteiger partial charge in [-0.2, -0.15) is 0 Å². The van der Waals surface area contributed by atoms with Gasteiger partial charge in [0.25, 0.3) is 0 Å². The summed E-state index contributed by atoms with van der Waals surface area (Å²) in [7, 11) is 1.26. The van der Waals surface area contributed by atoms with Crippen LogP contribution in [0.15, 0.2) is 54.6 Å². The summed E-state index contributed by atoms with van der Waals surface area (Å²) < 4.78 is 9.61.